The summed E-state index contributed by atoms with van der Waals surface area (Å²) in [5, 5.41) is 6.80. The van der Waals surface area contributed by atoms with Crippen LogP contribution in [0.1, 0.15) is 0 Å². The first-order chi connectivity index (χ1) is 25.3. The molecular weight excluding hydrogens is 627 g/mol. The minimum atomic E-state index is 0.566. The van der Waals surface area contributed by atoms with Crippen molar-refractivity contribution >= 4 is 65.6 Å². The zero-order valence-corrected chi connectivity index (χ0v) is 27.2. The van der Waals surface area contributed by atoms with Gasteiger partial charge in [-0.05, 0) is 48.5 Å². The van der Waals surface area contributed by atoms with Gasteiger partial charge in [-0.2, -0.15) is 9.97 Å². The van der Waals surface area contributed by atoms with Gasteiger partial charge in [-0.15, -0.1) is 0 Å². The first-order valence-corrected chi connectivity index (χ1v) is 17.0. The summed E-state index contributed by atoms with van der Waals surface area (Å²) in [5.74, 6) is 1.76. The SMILES string of the molecule is c1ccc(-c2nc(-c3ccccc3-n3c4ccccc4c4ccc5oc6ccccc6c5c43)nc(-n3c4ccccc4c4ccccc43)n2)cc1. The Bertz CT molecular complexity index is 3100. The summed E-state index contributed by atoms with van der Waals surface area (Å²) >= 11 is 0. The van der Waals surface area contributed by atoms with Crippen molar-refractivity contribution in [2.75, 3.05) is 0 Å². The zero-order valence-electron chi connectivity index (χ0n) is 27.2. The third-order valence-electron chi connectivity index (χ3n) is 10.00. The van der Waals surface area contributed by atoms with Gasteiger partial charge in [0.1, 0.15) is 11.2 Å². The molecule has 0 bridgehead atoms. The molecule has 0 unspecified atom stereocenters. The highest BCUT2D eigenvalue weighted by Gasteiger charge is 2.23. The maximum Gasteiger partial charge on any atom is 0.238 e. The molecule has 0 atom stereocenters. The van der Waals surface area contributed by atoms with E-state index in [1.54, 1.807) is 0 Å². The number of aromatic nitrogens is 5. The topological polar surface area (TPSA) is 61.7 Å². The van der Waals surface area contributed by atoms with Gasteiger partial charge in [0, 0.05) is 38.1 Å². The van der Waals surface area contributed by atoms with Crippen LogP contribution in [-0.2, 0) is 0 Å². The Morgan fingerprint density at radius 2 is 0.961 bits per heavy atom. The molecule has 4 heterocycles. The number of fused-ring (bicyclic) bond motifs is 10. The molecule has 0 saturated heterocycles. The molecule has 0 aliphatic heterocycles. The van der Waals surface area contributed by atoms with Crippen LogP contribution in [0.2, 0.25) is 0 Å². The molecule has 0 saturated carbocycles. The second kappa shape index (κ2) is 10.7. The molecule has 0 aliphatic carbocycles. The van der Waals surface area contributed by atoms with Gasteiger partial charge >= 0.3 is 0 Å². The van der Waals surface area contributed by atoms with Gasteiger partial charge in [-0.3, -0.25) is 4.57 Å². The molecule has 51 heavy (non-hydrogen) atoms. The van der Waals surface area contributed by atoms with Gasteiger partial charge in [0.25, 0.3) is 0 Å². The van der Waals surface area contributed by atoms with Crippen LogP contribution < -0.4 is 0 Å². The van der Waals surface area contributed by atoms with Crippen molar-refractivity contribution in [3.63, 3.8) is 0 Å². The van der Waals surface area contributed by atoms with Crippen LogP contribution in [0.15, 0.2) is 168 Å². The highest BCUT2D eigenvalue weighted by Crippen LogP contribution is 2.42. The Labute approximate surface area is 291 Å². The fourth-order valence-electron chi connectivity index (χ4n) is 7.81. The lowest BCUT2D eigenvalue weighted by atomic mass is 10.1. The summed E-state index contributed by atoms with van der Waals surface area (Å²) in [6, 6.07) is 56.6. The third-order valence-corrected chi connectivity index (χ3v) is 10.00. The summed E-state index contributed by atoms with van der Waals surface area (Å²) in [5.41, 5.74) is 8.77. The second-order valence-corrected chi connectivity index (χ2v) is 12.8. The molecule has 238 valence electrons. The molecule has 7 aromatic carbocycles. The summed E-state index contributed by atoms with van der Waals surface area (Å²) in [6.45, 7) is 0. The minimum Gasteiger partial charge on any atom is -0.456 e. The first kappa shape index (κ1) is 27.9. The van der Waals surface area contributed by atoms with Crippen LogP contribution in [0, 0.1) is 0 Å². The molecule has 0 amide bonds. The second-order valence-electron chi connectivity index (χ2n) is 12.8. The van der Waals surface area contributed by atoms with Crippen LogP contribution in [0.3, 0.4) is 0 Å². The standard InChI is InChI=1S/C45H27N5O/c1-2-14-28(15-3-1)43-46-44(48-45(47-43)50-36-22-10-4-16-29(36)30-17-5-11-23-37(30)50)33-19-7-12-24-38(33)49-35-21-9-6-18-31(35)32-26-27-40-41(42(32)49)34-20-8-13-25-39(34)51-40/h1-27H. The molecule has 0 fully saturated rings. The number of benzene rings is 7. The Kier molecular flexibility index (Phi) is 5.86. The molecule has 0 N–H and O–H groups in total. The summed E-state index contributed by atoms with van der Waals surface area (Å²) in [7, 11) is 0. The maximum atomic E-state index is 6.41. The average Bonchev–Trinajstić information content (AvgIpc) is 3.86. The number of furan rings is 1. The lowest BCUT2D eigenvalue weighted by molar-refractivity contribution is 0.669. The highest BCUT2D eigenvalue weighted by molar-refractivity contribution is 6.24. The number of para-hydroxylation sites is 5. The fraction of sp³-hybridized carbons (Fsp3) is 0. The van der Waals surface area contributed by atoms with Crippen LogP contribution in [-0.4, -0.2) is 24.1 Å². The summed E-state index contributed by atoms with van der Waals surface area (Å²) in [6.07, 6.45) is 0. The zero-order chi connectivity index (χ0) is 33.5. The Hall–Kier alpha value is -7.05. The summed E-state index contributed by atoms with van der Waals surface area (Å²) < 4.78 is 10.9. The van der Waals surface area contributed by atoms with E-state index in [4.69, 9.17) is 19.4 Å². The number of rotatable bonds is 4. The normalized spacial score (nSPS) is 11.9. The van der Waals surface area contributed by atoms with Gasteiger partial charge in [0.05, 0.1) is 33.1 Å². The minimum absolute atomic E-state index is 0.566. The molecule has 11 aromatic rings. The lowest BCUT2D eigenvalue weighted by Gasteiger charge is -2.15. The molecule has 0 spiro atoms. The van der Waals surface area contributed by atoms with E-state index < -0.39 is 0 Å². The monoisotopic (exact) mass is 653 g/mol. The van der Waals surface area contributed by atoms with Crippen LogP contribution >= 0.6 is 0 Å². The van der Waals surface area contributed by atoms with Crippen molar-refractivity contribution in [2.24, 2.45) is 0 Å². The molecule has 0 radical (unpaired) electrons. The van der Waals surface area contributed by atoms with Crippen LogP contribution in [0.5, 0.6) is 0 Å². The molecule has 4 aromatic heterocycles. The fourth-order valence-corrected chi connectivity index (χ4v) is 7.81. The number of hydrogen-bond acceptors (Lipinski definition) is 4. The predicted molar refractivity (Wildman–Crippen MR) is 207 cm³/mol. The van der Waals surface area contributed by atoms with E-state index in [1.807, 2.05) is 42.5 Å². The van der Waals surface area contributed by atoms with Crippen molar-refractivity contribution in [2.45, 2.75) is 0 Å². The Morgan fingerprint density at radius 3 is 1.71 bits per heavy atom. The van der Waals surface area contributed by atoms with E-state index in [0.29, 0.717) is 17.6 Å². The molecule has 6 nitrogen and oxygen atoms in total. The van der Waals surface area contributed by atoms with Gasteiger partial charge < -0.3 is 8.98 Å². The predicted octanol–water partition coefficient (Wildman–Crippen LogP) is 11.3. The smallest absolute Gasteiger partial charge is 0.238 e. The molecule has 11 rings (SSSR count). The van der Waals surface area contributed by atoms with Gasteiger partial charge in [-0.1, -0.05) is 115 Å². The van der Waals surface area contributed by atoms with E-state index in [9.17, 15) is 0 Å². The highest BCUT2D eigenvalue weighted by atomic mass is 16.3. The quantitative estimate of drug-likeness (QED) is 0.190. The molecular formula is C45H27N5O. The van der Waals surface area contributed by atoms with E-state index in [-0.39, 0.29) is 0 Å². The van der Waals surface area contributed by atoms with E-state index in [2.05, 4.69) is 130 Å². The van der Waals surface area contributed by atoms with Crippen molar-refractivity contribution in [1.29, 1.82) is 0 Å². The van der Waals surface area contributed by atoms with E-state index >= 15 is 0 Å². The number of hydrogen-bond donors (Lipinski definition) is 0. The summed E-state index contributed by atoms with van der Waals surface area (Å²) in [4.78, 5) is 15.7. The largest absolute Gasteiger partial charge is 0.456 e. The van der Waals surface area contributed by atoms with Gasteiger partial charge in [0.15, 0.2) is 11.6 Å². The number of nitrogens with zero attached hydrogens (tertiary/aromatic N) is 5. The maximum absolute atomic E-state index is 6.41. The lowest BCUT2D eigenvalue weighted by Crippen LogP contribution is -2.07. The Balaban J connectivity index is 1.25. The van der Waals surface area contributed by atoms with Crippen LogP contribution in [0.25, 0.3) is 100.0 Å². The molecule has 6 heteroatoms. The van der Waals surface area contributed by atoms with Crippen LogP contribution in [0.4, 0.5) is 0 Å². The Morgan fingerprint density at radius 1 is 0.392 bits per heavy atom. The van der Waals surface area contributed by atoms with Crippen molar-refractivity contribution in [3.05, 3.63) is 164 Å². The van der Waals surface area contributed by atoms with Gasteiger partial charge in [-0.25, -0.2) is 4.98 Å². The van der Waals surface area contributed by atoms with Gasteiger partial charge in [0.2, 0.25) is 5.95 Å². The first-order valence-electron chi connectivity index (χ1n) is 17.0. The average molecular weight is 654 g/mol. The molecule has 0 aliphatic rings. The van der Waals surface area contributed by atoms with E-state index in [1.165, 1.54) is 5.39 Å². The van der Waals surface area contributed by atoms with Crippen molar-refractivity contribution < 1.29 is 4.42 Å². The van der Waals surface area contributed by atoms with E-state index in [0.717, 1.165) is 77.0 Å². The van der Waals surface area contributed by atoms with Crippen molar-refractivity contribution in [3.8, 4) is 34.4 Å². The third kappa shape index (κ3) is 4.07. The van der Waals surface area contributed by atoms with Crippen molar-refractivity contribution in [1.82, 2.24) is 24.1 Å².